The van der Waals surface area contributed by atoms with E-state index in [-0.39, 0.29) is 29.7 Å². The third-order valence-corrected chi connectivity index (χ3v) is 3.88. The highest BCUT2D eigenvalue weighted by molar-refractivity contribution is 7.93. The van der Waals surface area contributed by atoms with Crippen LogP contribution in [0.5, 0.6) is 0 Å². The molecule has 0 aliphatic carbocycles. The number of nitrogens with one attached hydrogen (secondary N) is 1. The van der Waals surface area contributed by atoms with Crippen molar-refractivity contribution < 1.29 is 8.42 Å². The van der Waals surface area contributed by atoms with E-state index < -0.39 is 10.0 Å². The average molecular weight is 313 g/mol. The van der Waals surface area contributed by atoms with Gasteiger partial charge in [0, 0.05) is 11.6 Å². The fraction of sp³-hybridized carbons (Fsp3) is 0. The first kappa shape index (κ1) is 16.2. The number of rotatable bonds is 3. The second-order valence-electron chi connectivity index (χ2n) is 2.76. The standard InChI is InChI=1S/C9H8N2O2S2.2ClH/c12-15(13,8-4-2-1-3-5-8)11-9-10-6-7-14-9;;/h1-7H,(H,10,11);2*1H. The van der Waals surface area contributed by atoms with Gasteiger partial charge < -0.3 is 0 Å². The highest BCUT2D eigenvalue weighted by Crippen LogP contribution is 2.17. The van der Waals surface area contributed by atoms with Crippen molar-refractivity contribution in [1.29, 1.82) is 0 Å². The predicted molar refractivity (Wildman–Crippen MR) is 73.9 cm³/mol. The van der Waals surface area contributed by atoms with Crippen molar-refractivity contribution in [2.24, 2.45) is 0 Å². The molecular formula is C9H10Cl2N2O2S2. The van der Waals surface area contributed by atoms with Crippen LogP contribution in [0.1, 0.15) is 0 Å². The first-order valence-corrected chi connectivity index (χ1v) is 6.52. The van der Waals surface area contributed by atoms with Crippen LogP contribution in [0.2, 0.25) is 0 Å². The van der Waals surface area contributed by atoms with Crippen molar-refractivity contribution in [3.8, 4) is 0 Å². The summed E-state index contributed by atoms with van der Waals surface area (Å²) in [5.41, 5.74) is 0. The summed E-state index contributed by atoms with van der Waals surface area (Å²) in [6.07, 6.45) is 1.55. The molecule has 0 spiro atoms. The molecule has 4 nitrogen and oxygen atoms in total. The van der Waals surface area contributed by atoms with Crippen LogP contribution in [0.3, 0.4) is 0 Å². The largest absolute Gasteiger partial charge is 0.263 e. The molecule has 0 saturated carbocycles. The summed E-state index contributed by atoms with van der Waals surface area (Å²) in [7, 11) is -3.49. The molecule has 1 heterocycles. The Balaban J connectivity index is 0.00000128. The molecule has 1 aromatic carbocycles. The van der Waals surface area contributed by atoms with Gasteiger partial charge >= 0.3 is 0 Å². The van der Waals surface area contributed by atoms with Crippen molar-refractivity contribution in [2.45, 2.75) is 4.90 Å². The number of benzene rings is 1. The molecule has 0 bridgehead atoms. The van der Waals surface area contributed by atoms with E-state index in [2.05, 4.69) is 9.71 Å². The third-order valence-electron chi connectivity index (χ3n) is 1.71. The smallest absolute Gasteiger partial charge is 0.255 e. The summed E-state index contributed by atoms with van der Waals surface area (Å²) >= 11 is 1.24. The normalized spacial score (nSPS) is 9.88. The van der Waals surface area contributed by atoms with Gasteiger partial charge in [0.25, 0.3) is 10.0 Å². The summed E-state index contributed by atoms with van der Waals surface area (Å²) < 4.78 is 25.9. The number of nitrogens with zero attached hydrogens (tertiary/aromatic N) is 1. The highest BCUT2D eigenvalue weighted by atomic mass is 35.5. The van der Waals surface area contributed by atoms with Crippen LogP contribution in [0.25, 0.3) is 0 Å². The minimum absolute atomic E-state index is 0. The Bertz CT molecular complexity index is 529. The molecule has 94 valence electrons. The molecule has 0 unspecified atom stereocenters. The predicted octanol–water partition coefficient (Wildman–Crippen LogP) is 2.79. The Morgan fingerprint density at radius 2 is 1.76 bits per heavy atom. The SMILES string of the molecule is Cl.Cl.O=S(=O)(Nc1nccs1)c1ccccc1. The molecule has 2 aromatic rings. The average Bonchev–Trinajstić information content (AvgIpc) is 2.71. The Morgan fingerprint density at radius 1 is 1.12 bits per heavy atom. The zero-order chi connectivity index (χ0) is 10.7. The second kappa shape index (κ2) is 6.80. The number of thiazole rings is 1. The van der Waals surface area contributed by atoms with Gasteiger partial charge in [-0.15, -0.1) is 36.2 Å². The Labute approximate surface area is 116 Å². The fourth-order valence-corrected chi connectivity index (χ4v) is 2.86. The summed E-state index contributed by atoms with van der Waals surface area (Å²) in [4.78, 5) is 4.09. The molecule has 0 amide bonds. The van der Waals surface area contributed by atoms with Crippen molar-refractivity contribution in [1.82, 2.24) is 4.98 Å². The number of sulfonamides is 1. The lowest BCUT2D eigenvalue weighted by atomic mass is 10.4. The van der Waals surface area contributed by atoms with E-state index in [9.17, 15) is 8.42 Å². The lowest BCUT2D eigenvalue weighted by Crippen LogP contribution is -2.12. The van der Waals surface area contributed by atoms with Gasteiger partial charge in [0.15, 0.2) is 5.13 Å². The van der Waals surface area contributed by atoms with Crippen LogP contribution in [0, 0.1) is 0 Å². The zero-order valence-corrected chi connectivity index (χ0v) is 11.7. The van der Waals surface area contributed by atoms with Crippen LogP contribution in [0.15, 0.2) is 46.8 Å². The van der Waals surface area contributed by atoms with Gasteiger partial charge in [-0.2, -0.15) is 0 Å². The maximum absolute atomic E-state index is 11.8. The number of anilines is 1. The summed E-state index contributed by atoms with van der Waals surface area (Å²) in [6.45, 7) is 0. The summed E-state index contributed by atoms with van der Waals surface area (Å²) in [5.74, 6) is 0. The minimum atomic E-state index is -3.49. The van der Waals surface area contributed by atoms with Crippen LogP contribution in [0.4, 0.5) is 5.13 Å². The van der Waals surface area contributed by atoms with Crippen molar-refractivity contribution in [3.05, 3.63) is 41.9 Å². The third kappa shape index (κ3) is 4.16. The van der Waals surface area contributed by atoms with Crippen LogP contribution in [-0.2, 0) is 10.0 Å². The topological polar surface area (TPSA) is 59.1 Å². The van der Waals surface area contributed by atoms with Crippen LogP contribution < -0.4 is 4.72 Å². The van der Waals surface area contributed by atoms with Gasteiger partial charge in [-0.05, 0) is 12.1 Å². The molecule has 17 heavy (non-hydrogen) atoms. The summed E-state index contributed by atoms with van der Waals surface area (Å²) in [6, 6.07) is 8.20. The summed E-state index contributed by atoms with van der Waals surface area (Å²) in [5, 5.41) is 2.09. The van der Waals surface area contributed by atoms with Crippen LogP contribution in [-0.4, -0.2) is 13.4 Å². The maximum Gasteiger partial charge on any atom is 0.263 e. The molecule has 2 rings (SSSR count). The fourth-order valence-electron chi connectivity index (χ4n) is 1.05. The van der Waals surface area contributed by atoms with E-state index in [1.54, 1.807) is 29.8 Å². The molecule has 0 atom stereocenters. The highest BCUT2D eigenvalue weighted by Gasteiger charge is 2.13. The molecule has 1 N–H and O–H groups in total. The van der Waals surface area contributed by atoms with Gasteiger partial charge in [0.1, 0.15) is 0 Å². The van der Waals surface area contributed by atoms with E-state index in [1.165, 1.54) is 23.5 Å². The Kier molecular flexibility index (Phi) is 6.48. The van der Waals surface area contributed by atoms with Gasteiger partial charge in [0.2, 0.25) is 0 Å². The Hall–Kier alpha value is -0.820. The first-order chi connectivity index (χ1) is 7.18. The molecule has 0 radical (unpaired) electrons. The van der Waals surface area contributed by atoms with Crippen molar-refractivity contribution in [2.75, 3.05) is 4.72 Å². The Morgan fingerprint density at radius 3 is 2.29 bits per heavy atom. The number of aromatic nitrogens is 1. The van der Waals surface area contributed by atoms with Gasteiger partial charge in [-0.3, -0.25) is 4.72 Å². The lowest BCUT2D eigenvalue weighted by Gasteiger charge is -2.03. The van der Waals surface area contributed by atoms with E-state index >= 15 is 0 Å². The molecule has 0 fully saturated rings. The van der Waals surface area contributed by atoms with E-state index in [1.807, 2.05) is 0 Å². The monoisotopic (exact) mass is 312 g/mol. The molecule has 8 heteroatoms. The molecule has 0 aliphatic heterocycles. The lowest BCUT2D eigenvalue weighted by molar-refractivity contribution is 0.601. The second-order valence-corrected chi connectivity index (χ2v) is 5.33. The van der Waals surface area contributed by atoms with Gasteiger partial charge in [-0.1, -0.05) is 18.2 Å². The van der Waals surface area contributed by atoms with Gasteiger partial charge in [0.05, 0.1) is 4.90 Å². The van der Waals surface area contributed by atoms with E-state index in [0.29, 0.717) is 5.13 Å². The molecule has 0 saturated heterocycles. The molecule has 1 aromatic heterocycles. The van der Waals surface area contributed by atoms with Gasteiger partial charge in [-0.25, -0.2) is 13.4 Å². The molecule has 0 aliphatic rings. The van der Waals surface area contributed by atoms with E-state index in [4.69, 9.17) is 0 Å². The minimum Gasteiger partial charge on any atom is -0.255 e. The maximum atomic E-state index is 11.8. The zero-order valence-electron chi connectivity index (χ0n) is 8.44. The number of hydrogen-bond acceptors (Lipinski definition) is 4. The van der Waals surface area contributed by atoms with Crippen molar-refractivity contribution in [3.63, 3.8) is 0 Å². The number of hydrogen-bond donors (Lipinski definition) is 1. The number of halogens is 2. The first-order valence-electron chi connectivity index (χ1n) is 4.16. The van der Waals surface area contributed by atoms with E-state index in [0.717, 1.165) is 0 Å². The van der Waals surface area contributed by atoms with Crippen LogP contribution >= 0.6 is 36.2 Å². The molecular weight excluding hydrogens is 303 g/mol. The quantitative estimate of drug-likeness (QED) is 0.948. The van der Waals surface area contributed by atoms with Crippen molar-refractivity contribution >= 4 is 51.3 Å².